The molecule has 0 atom stereocenters. The van der Waals surface area contributed by atoms with Crippen molar-refractivity contribution in [2.24, 2.45) is 0 Å². The van der Waals surface area contributed by atoms with Crippen LogP contribution >= 0.6 is 0 Å². The molecule has 0 unspecified atom stereocenters. The third kappa shape index (κ3) is 6.93. The summed E-state index contributed by atoms with van der Waals surface area (Å²) in [7, 11) is 0. The molecule has 0 saturated heterocycles. The number of aryl methyl sites for hydroxylation is 3. The summed E-state index contributed by atoms with van der Waals surface area (Å²) in [6, 6.07) is 16.1. The molecule has 2 aromatic rings. The van der Waals surface area contributed by atoms with Crippen molar-refractivity contribution in [1.29, 1.82) is 0 Å². The summed E-state index contributed by atoms with van der Waals surface area (Å²) in [5, 5.41) is 5.57. The lowest BCUT2D eigenvalue weighted by atomic mass is 10.1. The molecule has 22 heavy (non-hydrogen) atoms. The molecular formula is C19H26N2O. The highest BCUT2D eigenvalue weighted by Crippen LogP contribution is 2.13. The molecule has 0 bridgehead atoms. The van der Waals surface area contributed by atoms with Gasteiger partial charge in [-0.3, -0.25) is 0 Å². The number of hydrogen-bond acceptors (Lipinski definition) is 1. The highest BCUT2D eigenvalue weighted by molar-refractivity contribution is 5.89. The van der Waals surface area contributed by atoms with Gasteiger partial charge in [-0.1, -0.05) is 42.0 Å². The molecule has 2 N–H and O–H groups in total. The average molecular weight is 298 g/mol. The molecule has 0 heterocycles. The summed E-state index contributed by atoms with van der Waals surface area (Å²) in [6.07, 6.45) is 0. The van der Waals surface area contributed by atoms with Gasteiger partial charge in [-0.05, 0) is 57.9 Å². The third-order valence-corrected chi connectivity index (χ3v) is 3.13. The van der Waals surface area contributed by atoms with Gasteiger partial charge in [-0.2, -0.15) is 0 Å². The van der Waals surface area contributed by atoms with Crippen LogP contribution in [-0.4, -0.2) is 12.1 Å². The maximum Gasteiger partial charge on any atom is 0.319 e. The Balaban J connectivity index is 0.000000287. The quantitative estimate of drug-likeness (QED) is 0.819. The number of benzene rings is 2. The molecule has 2 rings (SSSR count). The minimum absolute atomic E-state index is 0.150. The predicted molar refractivity (Wildman–Crippen MR) is 94.4 cm³/mol. The van der Waals surface area contributed by atoms with Crippen molar-refractivity contribution in [2.75, 3.05) is 5.32 Å². The van der Waals surface area contributed by atoms with Gasteiger partial charge in [0.25, 0.3) is 0 Å². The topological polar surface area (TPSA) is 41.1 Å². The Morgan fingerprint density at radius 3 is 2.00 bits per heavy atom. The zero-order valence-corrected chi connectivity index (χ0v) is 14.1. The number of anilines is 1. The smallest absolute Gasteiger partial charge is 0.319 e. The zero-order chi connectivity index (χ0) is 16.5. The lowest BCUT2D eigenvalue weighted by Gasteiger charge is -2.11. The Hall–Kier alpha value is -2.29. The van der Waals surface area contributed by atoms with E-state index in [0.717, 1.165) is 5.69 Å². The molecule has 0 aliphatic carbocycles. The molecule has 2 aromatic carbocycles. The Morgan fingerprint density at radius 2 is 1.55 bits per heavy atom. The second-order valence-electron chi connectivity index (χ2n) is 5.71. The first-order valence-corrected chi connectivity index (χ1v) is 7.55. The van der Waals surface area contributed by atoms with Gasteiger partial charge in [-0.15, -0.1) is 0 Å². The van der Waals surface area contributed by atoms with E-state index in [1.165, 1.54) is 16.7 Å². The Morgan fingerprint density at radius 1 is 0.909 bits per heavy atom. The van der Waals surface area contributed by atoms with Crippen LogP contribution in [0.15, 0.2) is 48.5 Å². The number of rotatable bonds is 2. The van der Waals surface area contributed by atoms with Crippen LogP contribution in [0, 0.1) is 20.8 Å². The number of carbonyl (C=O) groups is 1. The third-order valence-electron chi connectivity index (χ3n) is 3.13. The van der Waals surface area contributed by atoms with Crippen molar-refractivity contribution in [2.45, 2.75) is 40.7 Å². The maximum absolute atomic E-state index is 11.4. The van der Waals surface area contributed by atoms with Crippen molar-refractivity contribution >= 4 is 11.7 Å². The Kier molecular flexibility index (Phi) is 7.17. The molecule has 0 spiro atoms. The van der Waals surface area contributed by atoms with Crippen LogP contribution < -0.4 is 10.6 Å². The lowest BCUT2D eigenvalue weighted by molar-refractivity contribution is 0.250. The standard InChI is InChI=1S/C12H18N2O.C7H8/c1-8(2)13-12(15)14-11-6-5-9(3)10(4)7-11;1-7-5-3-2-4-6-7/h5-8H,1-4H3,(H2,13,14,15);2-6H,1H3. The van der Waals surface area contributed by atoms with Gasteiger partial charge in [0.1, 0.15) is 0 Å². The molecule has 0 aromatic heterocycles. The van der Waals surface area contributed by atoms with E-state index in [4.69, 9.17) is 0 Å². The average Bonchev–Trinajstić information content (AvgIpc) is 2.43. The SMILES string of the molecule is Cc1ccc(NC(=O)NC(C)C)cc1C.Cc1ccccc1. The van der Waals surface area contributed by atoms with Crippen LogP contribution in [0.4, 0.5) is 10.5 Å². The second-order valence-corrected chi connectivity index (χ2v) is 5.71. The monoisotopic (exact) mass is 298 g/mol. The van der Waals surface area contributed by atoms with E-state index in [0.29, 0.717) is 0 Å². The summed E-state index contributed by atoms with van der Waals surface area (Å²) in [5.41, 5.74) is 4.56. The van der Waals surface area contributed by atoms with Gasteiger partial charge in [0.15, 0.2) is 0 Å². The fraction of sp³-hybridized carbons (Fsp3) is 0.316. The summed E-state index contributed by atoms with van der Waals surface area (Å²) in [6.45, 7) is 10.0. The highest BCUT2D eigenvalue weighted by Gasteiger charge is 2.03. The number of urea groups is 1. The second kappa shape index (κ2) is 8.88. The van der Waals surface area contributed by atoms with Crippen LogP contribution in [0.3, 0.4) is 0 Å². The van der Waals surface area contributed by atoms with E-state index in [-0.39, 0.29) is 12.1 Å². The molecule has 3 heteroatoms. The highest BCUT2D eigenvalue weighted by atomic mass is 16.2. The van der Waals surface area contributed by atoms with Crippen LogP contribution in [0.25, 0.3) is 0 Å². The van der Waals surface area contributed by atoms with Crippen LogP contribution in [0.2, 0.25) is 0 Å². The first kappa shape index (κ1) is 17.8. The summed E-state index contributed by atoms with van der Waals surface area (Å²) in [4.78, 5) is 11.4. The van der Waals surface area contributed by atoms with E-state index < -0.39 is 0 Å². The first-order valence-electron chi connectivity index (χ1n) is 7.55. The Labute approximate surface area is 133 Å². The largest absolute Gasteiger partial charge is 0.336 e. The van der Waals surface area contributed by atoms with Crippen molar-refractivity contribution in [3.8, 4) is 0 Å². The van der Waals surface area contributed by atoms with E-state index in [9.17, 15) is 4.79 Å². The van der Waals surface area contributed by atoms with Gasteiger partial charge >= 0.3 is 6.03 Å². The number of hydrogen-bond donors (Lipinski definition) is 2. The van der Waals surface area contributed by atoms with Crippen molar-refractivity contribution < 1.29 is 4.79 Å². The van der Waals surface area contributed by atoms with Crippen molar-refractivity contribution in [3.05, 3.63) is 65.2 Å². The van der Waals surface area contributed by atoms with Gasteiger partial charge in [0, 0.05) is 11.7 Å². The van der Waals surface area contributed by atoms with E-state index >= 15 is 0 Å². The number of amides is 2. The van der Waals surface area contributed by atoms with Crippen LogP contribution in [0.5, 0.6) is 0 Å². The fourth-order valence-electron chi connectivity index (χ4n) is 1.78. The molecular weight excluding hydrogens is 272 g/mol. The first-order chi connectivity index (χ1) is 10.4. The molecule has 0 saturated carbocycles. The van der Waals surface area contributed by atoms with Gasteiger partial charge in [0.2, 0.25) is 0 Å². The van der Waals surface area contributed by atoms with Crippen molar-refractivity contribution in [3.63, 3.8) is 0 Å². The van der Waals surface area contributed by atoms with Gasteiger partial charge < -0.3 is 10.6 Å². The van der Waals surface area contributed by atoms with E-state index in [1.54, 1.807) is 0 Å². The van der Waals surface area contributed by atoms with Gasteiger partial charge in [0.05, 0.1) is 0 Å². The summed E-state index contributed by atoms with van der Waals surface area (Å²) < 4.78 is 0. The molecule has 118 valence electrons. The van der Waals surface area contributed by atoms with Crippen molar-refractivity contribution in [1.82, 2.24) is 5.32 Å². The minimum atomic E-state index is -0.159. The fourth-order valence-corrected chi connectivity index (χ4v) is 1.78. The van der Waals surface area contributed by atoms with Crippen LogP contribution in [-0.2, 0) is 0 Å². The molecule has 2 amide bonds. The summed E-state index contributed by atoms with van der Waals surface area (Å²) in [5.74, 6) is 0. The van der Waals surface area contributed by atoms with Crippen LogP contribution in [0.1, 0.15) is 30.5 Å². The van der Waals surface area contributed by atoms with E-state index in [2.05, 4.69) is 29.7 Å². The van der Waals surface area contributed by atoms with E-state index in [1.807, 2.05) is 64.1 Å². The molecule has 0 aliphatic rings. The number of carbonyl (C=O) groups excluding carboxylic acids is 1. The minimum Gasteiger partial charge on any atom is -0.336 e. The Bertz CT molecular complexity index is 592. The maximum atomic E-state index is 11.4. The molecule has 3 nitrogen and oxygen atoms in total. The molecule has 0 radical (unpaired) electrons. The summed E-state index contributed by atoms with van der Waals surface area (Å²) >= 11 is 0. The zero-order valence-electron chi connectivity index (χ0n) is 14.1. The van der Waals surface area contributed by atoms with Gasteiger partial charge in [-0.25, -0.2) is 4.79 Å². The normalized spacial score (nSPS) is 9.73. The molecule has 0 fully saturated rings. The lowest BCUT2D eigenvalue weighted by Crippen LogP contribution is -2.34. The predicted octanol–water partition coefficient (Wildman–Crippen LogP) is 4.83. The number of nitrogens with one attached hydrogen (secondary N) is 2. The molecule has 0 aliphatic heterocycles.